The number of hydrogen-bond acceptors (Lipinski definition) is 2. The van der Waals surface area contributed by atoms with Crippen LogP contribution in [0, 0.1) is 17.8 Å². The molecule has 0 aromatic heterocycles. The van der Waals surface area contributed by atoms with E-state index in [4.69, 9.17) is 0 Å². The maximum absolute atomic E-state index is 11.4. The lowest BCUT2D eigenvalue weighted by molar-refractivity contribution is -0.122. The lowest BCUT2D eigenvalue weighted by Gasteiger charge is -2.16. The van der Waals surface area contributed by atoms with Gasteiger partial charge in [-0.2, -0.15) is 0 Å². The van der Waals surface area contributed by atoms with Crippen LogP contribution in [0.3, 0.4) is 0 Å². The summed E-state index contributed by atoms with van der Waals surface area (Å²) in [5, 5.41) is 9.72. The third-order valence-corrected chi connectivity index (χ3v) is 2.99. The van der Waals surface area contributed by atoms with Crippen molar-refractivity contribution in [2.45, 2.75) is 46.1 Å². The van der Waals surface area contributed by atoms with E-state index in [0.717, 1.165) is 12.8 Å². The molecule has 13 heavy (non-hydrogen) atoms. The third-order valence-electron chi connectivity index (χ3n) is 2.99. The van der Waals surface area contributed by atoms with Crippen molar-refractivity contribution in [3.63, 3.8) is 0 Å². The highest BCUT2D eigenvalue weighted by Crippen LogP contribution is 2.31. The number of aliphatic hydroxyl groups is 1. The maximum Gasteiger partial charge on any atom is 0.138 e. The minimum atomic E-state index is -0.383. The molecule has 2 nitrogen and oxygen atoms in total. The second-order valence-corrected chi connectivity index (χ2v) is 4.72. The van der Waals surface area contributed by atoms with Gasteiger partial charge < -0.3 is 5.11 Å². The van der Waals surface area contributed by atoms with Crippen LogP contribution in [0.4, 0.5) is 0 Å². The lowest BCUT2D eigenvalue weighted by atomic mass is 9.93. The topological polar surface area (TPSA) is 37.3 Å². The molecule has 1 rings (SSSR count). The van der Waals surface area contributed by atoms with Gasteiger partial charge in [-0.1, -0.05) is 27.2 Å². The Morgan fingerprint density at radius 2 is 2.15 bits per heavy atom. The average Bonchev–Trinajstić information content (AvgIpc) is 2.24. The van der Waals surface area contributed by atoms with Crippen LogP contribution in [0.5, 0.6) is 0 Å². The number of carbonyl (C=O) groups excluding carboxylic acids is 1. The molecule has 0 bridgehead atoms. The first-order valence-electron chi connectivity index (χ1n) is 5.23. The smallest absolute Gasteiger partial charge is 0.138 e. The highest BCUT2D eigenvalue weighted by molar-refractivity contribution is 5.84. The molecule has 1 aliphatic rings. The number of carbonyl (C=O) groups is 1. The van der Waals surface area contributed by atoms with Crippen molar-refractivity contribution >= 4 is 5.78 Å². The van der Waals surface area contributed by atoms with Crippen molar-refractivity contribution in [3.8, 4) is 0 Å². The van der Waals surface area contributed by atoms with Crippen molar-refractivity contribution in [2.24, 2.45) is 17.8 Å². The molecule has 1 fully saturated rings. The van der Waals surface area contributed by atoms with Gasteiger partial charge in [0.05, 0.1) is 6.10 Å². The highest BCUT2D eigenvalue weighted by atomic mass is 16.3. The van der Waals surface area contributed by atoms with Crippen molar-refractivity contribution < 1.29 is 9.90 Å². The van der Waals surface area contributed by atoms with Crippen LogP contribution < -0.4 is 0 Å². The van der Waals surface area contributed by atoms with Gasteiger partial charge in [0.2, 0.25) is 0 Å². The Bertz CT molecular complexity index is 187. The standard InChI is InChI=1S/C11H20O2/c1-7(2)4-5-9-10(12)6-8(3)11(9)13/h7-9,11,13H,4-6H2,1-3H3. The SMILES string of the molecule is CC(C)CCC1C(=O)CC(C)C1O. The Balaban J connectivity index is 2.44. The average molecular weight is 184 g/mol. The van der Waals surface area contributed by atoms with E-state index >= 15 is 0 Å². The van der Waals surface area contributed by atoms with Gasteiger partial charge in [-0.25, -0.2) is 0 Å². The zero-order chi connectivity index (χ0) is 10.0. The Morgan fingerprint density at radius 3 is 2.54 bits per heavy atom. The summed E-state index contributed by atoms with van der Waals surface area (Å²) >= 11 is 0. The van der Waals surface area contributed by atoms with Crippen LogP contribution in [0.2, 0.25) is 0 Å². The normalized spacial score (nSPS) is 34.5. The summed E-state index contributed by atoms with van der Waals surface area (Å²) in [4.78, 5) is 11.4. The zero-order valence-electron chi connectivity index (χ0n) is 8.79. The predicted molar refractivity (Wildman–Crippen MR) is 52.4 cm³/mol. The fraction of sp³-hybridized carbons (Fsp3) is 0.909. The molecule has 3 atom stereocenters. The molecule has 0 aliphatic heterocycles. The Hall–Kier alpha value is -0.370. The summed E-state index contributed by atoms with van der Waals surface area (Å²) in [5.74, 6) is 0.985. The molecule has 0 saturated heterocycles. The molecule has 3 unspecified atom stereocenters. The first-order chi connectivity index (χ1) is 6.02. The van der Waals surface area contributed by atoms with Crippen molar-refractivity contribution in [3.05, 3.63) is 0 Å². The zero-order valence-corrected chi connectivity index (χ0v) is 8.79. The van der Waals surface area contributed by atoms with Crippen LogP contribution in [-0.4, -0.2) is 17.0 Å². The molecule has 1 N–H and O–H groups in total. The Kier molecular flexibility index (Phi) is 3.48. The number of Topliss-reactive ketones (excluding diaryl/α,β-unsaturated/α-hetero) is 1. The van der Waals surface area contributed by atoms with E-state index < -0.39 is 0 Å². The number of aliphatic hydroxyl groups excluding tert-OH is 1. The van der Waals surface area contributed by atoms with Gasteiger partial charge in [0.25, 0.3) is 0 Å². The molecule has 0 radical (unpaired) electrons. The van der Waals surface area contributed by atoms with Gasteiger partial charge >= 0.3 is 0 Å². The molecule has 0 aromatic rings. The monoisotopic (exact) mass is 184 g/mol. The second kappa shape index (κ2) is 4.23. The summed E-state index contributed by atoms with van der Waals surface area (Å²) in [6.45, 7) is 6.25. The van der Waals surface area contributed by atoms with Gasteiger partial charge in [0.1, 0.15) is 5.78 Å². The summed E-state index contributed by atoms with van der Waals surface area (Å²) < 4.78 is 0. The molecular formula is C11H20O2. The van der Waals surface area contributed by atoms with E-state index in [1.807, 2.05) is 6.92 Å². The van der Waals surface area contributed by atoms with Gasteiger partial charge in [0.15, 0.2) is 0 Å². The molecule has 0 heterocycles. The first kappa shape index (κ1) is 10.7. The third kappa shape index (κ3) is 2.53. The van der Waals surface area contributed by atoms with Gasteiger partial charge in [-0.3, -0.25) is 4.79 Å². The molecule has 2 heteroatoms. The molecule has 0 amide bonds. The largest absolute Gasteiger partial charge is 0.392 e. The molecule has 76 valence electrons. The Morgan fingerprint density at radius 1 is 1.54 bits per heavy atom. The first-order valence-corrected chi connectivity index (χ1v) is 5.23. The van der Waals surface area contributed by atoms with E-state index in [0.29, 0.717) is 12.3 Å². The fourth-order valence-electron chi connectivity index (χ4n) is 2.02. The number of ketones is 1. The Labute approximate surface area is 80.3 Å². The minimum absolute atomic E-state index is 0.0719. The van der Waals surface area contributed by atoms with Crippen LogP contribution in [0.1, 0.15) is 40.0 Å². The van der Waals surface area contributed by atoms with Gasteiger partial charge in [-0.15, -0.1) is 0 Å². The molecular weight excluding hydrogens is 164 g/mol. The summed E-state index contributed by atoms with van der Waals surface area (Å²) in [6, 6.07) is 0. The van der Waals surface area contributed by atoms with Crippen LogP contribution in [0.15, 0.2) is 0 Å². The van der Waals surface area contributed by atoms with Crippen molar-refractivity contribution in [1.29, 1.82) is 0 Å². The second-order valence-electron chi connectivity index (χ2n) is 4.72. The number of hydrogen-bond donors (Lipinski definition) is 1. The molecule has 1 saturated carbocycles. The van der Waals surface area contributed by atoms with Crippen molar-refractivity contribution in [2.75, 3.05) is 0 Å². The summed E-state index contributed by atoms with van der Waals surface area (Å²) in [6.07, 6.45) is 2.10. The predicted octanol–water partition coefficient (Wildman–Crippen LogP) is 2.01. The van der Waals surface area contributed by atoms with Crippen LogP contribution in [0.25, 0.3) is 0 Å². The summed E-state index contributed by atoms with van der Waals surface area (Å²) in [5.41, 5.74) is 0. The quantitative estimate of drug-likeness (QED) is 0.728. The summed E-state index contributed by atoms with van der Waals surface area (Å²) in [7, 11) is 0. The van der Waals surface area contributed by atoms with E-state index in [2.05, 4.69) is 13.8 Å². The molecule has 1 aliphatic carbocycles. The van der Waals surface area contributed by atoms with Gasteiger partial charge in [0, 0.05) is 12.3 Å². The minimum Gasteiger partial charge on any atom is -0.392 e. The highest BCUT2D eigenvalue weighted by Gasteiger charge is 2.38. The molecule has 0 spiro atoms. The van der Waals surface area contributed by atoms with E-state index in [1.54, 1.807) is 0 Å². The van der Waals surface area contributed by atoms with Crippen molar-refractivity contribution in [1.82, 2.24) is 0 Å². The fourth-order valence-corrected chi connectivity index (χ4v) is 2.02. The number of rotatable bonds is 3. The van der Waals surface area contributed by atoms with E-state index in [1.165, 1.54) is 0 Å². The van der Waals surface area contributed by atoms with Crippen LogP contribution in [-0.2, 0) is 4.79 Å². The lowest BCUT2D eigenvalue weighted by Crippen LogP contribution is -2.22. The van der Waals surface area contributed by atoms with E-state index in [-0.39, 0.29) is 23.7 Å². The van der Waals surface area contributed by atoms with Crippen LogP contribution >= 0.6 is 0 Å². The maximum atomic E-state index is 11.4. The molecule has 0 aromatic carbocycles. The van der Waals surface area contributed by atoms with Gasteiger partial charge in [-0.05, 0) is 18.3 Å². The van der Waals surface area contributed by atoms with E-state index in [9.17, 15) is 9.90 Å².